The SMILES string of the molecule is CC(C)(C)OC(=O)Nc1cc(S(=O)(=O)F)ccn1. The second-order valence-corrected chi connectivity index (χ2v) is 5.79. The van der Waals surface area contributed by atoms with Crippen LogP contribution in [0.25, 0.3) is 0 Å². The van der Waals surface area contributed by atoms with E-state index in [9.17, 15) is 17.1 Å². The van der Waals surface area contributed by atoms with Gasteiger partial charge in [0.05, 0.1) is 0 Å². The minimum Gasteiger partial charge on any atom is -0.444 e. The Balaban J connectivity index is 2.84. The summed E-state index contributed by atoms with van der Waals surface area (Å²) in [5, 5.41) is 2.21. The van der Waals surface area contributed by atoms with Crippen molar-refractivity contribution in [2.75, 3.05) is 5.32 Å². The molecule has 1 heterocycles. The summed E-state index contributed by atoms with van der Waals surface area (Å²) >= 11 is 0. The summed E-state index contributed by atoms with van der Waals surface area (Å²) in [4.78, 5) is 14.5. The zero-order valence-corrected chi connectivity index (χ0v) is 10.9. The molecule has 0 fully saturated rings. The fourth-order valence-electron chi connectivity index (χ4n) is 1.04. The molecule has 1 N–H and O–H groups in total. The van der Waals surface area contributed by atoms with Gasteiger partial charge in [-0.05, 0) is 26.8 Å². The van der Waals surface area contributed by atoms with Crippen LogP contribution >= 0.6 is 0 Å². The van der Waals surface area contributed by atoms with Gasteiger partial charge in [0.25, 0.3) is 0 Å². The Kier molecular flexibility index (Phi) is 3.90. The van der Waals surface area contributed by atoms with E-state index in [1.165, 1.54) is 0 Å². The fraction of sp³-hybridized carbons (Fsp3) is 0.400. The van der Waals surface area contributed by atoms with Crippen LogP contribution in [0.5, 0.6) is 0 Å². The molecule has 0 saturated carbocycles. The fourth-order valence-corrected chi connectivity index (χ4v) is 1.52. The number of carbonyl (C=O) groups is 1. The van der Waals surface area contributed by atoms with E-state index in [-0.39, 0.29) is 5.82 Å². The molecule has 1 aromatic heterocycles. The lowest BCUT2D eigenvalue weighted by Gasteiger charge is -2.19. The minimum atomic E-state index is -4.83. The van der Waals surface area contributed by atoms with Crippen molar-refractivity contribution in [1.82, 2.24) is 4.98 Å². The van der Waals surface area contributed by atoms with Crippen LogP contribution in [0.15, 0.2) is 23.2 Å². The van der Waals surface area contributed by atoms with Gasteiger partial charge >= 0.3 is 16.3 Å². The Hall–Kier alpha value is -1.70. The number of rotatable bonds is 2. The highest BCUT2D eigenvalue weighted by Gasteiger charge is 2.18. The number of nitrogens with zero attached hydrogens (tertiary/aromatic N) is 1. The first kappa shape index (κ1) is 14.4. The molecule has 0 aliphatic heterocycles. The maximum atomic E-state index is 12.7. The standard InChI is InChI=1S/C10H13FN2O4S/c1-10(2,3)17-9(14)13-8-6-7(4-5-12-8)18(11,15)16/h4-6H,1-3H3,(H,12,13,14). The van der Waals surface area contributed by atoms with Gasteiger partial charge in [0.15, 0.2) is 0 Å². The highest BCUT2D eigenvalue weighted by Crippen LogP contribution is 2.16. The Bertz CT molecular complexity index is 551. The van der Waals surface area contributed by atoms with Crippen LogP contribution in [-0.2, 0) is 15.0 Å². The van der Waals surface area contributed by atoms with Crippen LogP contribution in [0.4, 0.5) is 14.5 Å². The average molecular weight is 276 g/mol. The van der Waals surface area contributed by atoms with Crippen molar-refractivity contribution >= 4 is 22.1 Å². The Labute approximate surface area is 104 Å². The molecular formula is C10H13FN2O4S. The third-order valence-electron chi connectivity index (χ3n) is 1.64. The van der Waals surface area contributed by atoms with E-state index in [1.807, 2.05) is 0 Å². The van der Waals surface area contributed by atoms with E-state index in [2.05, 4.69) is 10.3 Å². The molecular weight excluding hydrogens is 263 g/mol. The van der Waals surface area contributed by atoms with Gasteiger partial charge in [-0.2, -0.15) is 8.42 Å². The summed E-state index contributed by atoms with van der Waals surface area (Å²) in [7, 11) is -4.83. The maximum absolute atomic E-state index is 12.7. The number of aromatic nitrogens is 1. The lowest BCUT2D eigenvalue weighted by molar-refractivity contribution is 0.0635. The molecule has 6 nitrogen and oxygen atoms in total. The summed E-state index contributed by atoms with van der Waals surface area (Å²) < 4.78 is 39.0. The number of pyridine rings is 1. The zero-order chi connectivity index (χ0) is 14.0. The molecule has 0 aliphatic carbocycles. The second-order valence-electron chi connectivity index (χ2n) is 4.44. The molecule has 0 unspecified atom stereocenters. The quantitative estimate of drug-likeness (QED) is 0.836. The number of halogens is 1. The van der Waals surface area contributed by atoms with Gasteiger partial charge in [-0.25, -0.2) is 9.78 Å². The Morgan fingerprint density at radius 1 is 1.44 bits per heavy atom. The summed E-state index contributed by atoms with van der Waals surface area (Å²) in [6, 6.07) is 1.88. The van der Waals surface area contributed by atoms with Crippen molar-refractivity contribution in [2.24, 2.45) is 0 Å². The molecule has 1 rings (SSSR count). The van der Waals surface area contributed by atoms with Crippen LogP contribution < -0.4 is 5.32 Å². The summed E-state index contributed by atoms with van der Waals surface area (Å²) in [6.45, 7) is 5.01. The van der Waals surface area contributed by atoms with E-state index in [4.69, 9.17) is 4.74 Å². The van der Waals surface area contributed by atoms with Gasteiger partial charge < -0.3 is 4.74 Å². The minimum absolute atomic E-state index is 0.108. The predicted octanol–water partition coefficient (Wildman–Crippen LogP) is 2.09. The molecule has 100 valence electrons. The number of ether oxygens (including phenoxy) is 1. The molecule has 0 bridgehead atoms. The van der Waals surface area contributed by atoms with Crippen molar-refractivity contribution in [3.8, 4) is 0 Å². The summed E-state index contributed by atoms with van der Waals surface area (Å²) in [5.74, 6) is -0.108. The van der Waals surface area contributed by atoms with Crippen molar-refractivity contribution in [1.29, 1.82) is 0 Å². The molecule has 0 radical (unpaired) electrons. The Morgan fingerprint density at radius 3 is 2.56 bits per heavy atom. The number of hydrogen-bond donors (Lipinski definition) is 1. The van der Waals surface area contributed by atoms with E-state index < -0.39 is 26.8 Å². The predicted molar refractivity (Wildman–Crippen MR) is 62.4 cm³/mol. The molecule has 1 aromatic rings. The second kappa shape index (κ2) is 4.89. The number of hydrogen-bond acceptors (Lipinski definition) is 5. The molecule has 0 atom stereocenters. The highest BCUT2D eigenvalue weighted by atomic mass is 32.3. The topological polar surface area (TPSA) is 85.4 Å². The van der Waals surface area contributed by atoms with Crippen LogP contribution in [-0.4, -0.2) is 25.1 Å². The number of anilines is 1. The first-order valence-electron chi connectivity index (χ1n) is 4.99. The van der Waals surface area contributed by atoms with Crippen LogP contribution in [0.3, 0.4) is 0 Å². The molecule has 0 saturated heterocycles. The average Bonchev–Trinajstić information content (AvgIpc) is 2.13. The van der Waals surface area contributed by atoms with Gasteiger partial charge in [0, 0.05) is 12.3 Å². The van der Waals surface area contributed by atoms with Crippen molar-refractivity contribution in [3.05, 3.63) is 18.3 Å². The third-order valence-corrected chi connectivity index (χ3v) is 2.46. The molecule has 1 amide bonds. The van der Waals surface area contributed by atoms with Crippen LogP contribution in [0.2, 0.25) is 0 Å². The first-order valence-corrected chi connectivity index (χ1v) is 6.37. The van der Waals surface area contributed by atoms with E-state index in [0.717, 1.165) is 18.3 Å². The van der Waals surface area contributed by atoms with Gasteiger partial charge in [-0.3, -0.25) is 5.32 Å². The molecule has 0 aromatic carbocycles. The van der Waals surface area contributed by atoms with Crippen LogP contribution in [0, 0.1) is 0 Å². The Morgan fingerprint density at radius 2 is 2.06 bits per heavy atom. The third kappa shape index (κ3) is 4.66. The number of carbonyl (C=O) groups excluding carboxylic acids is 1. The monoisotopic (exact) mass is 276 g/mol. The van der Waals surface area contributed by atoms with Crippen molar-refractivity contribution in [2.45, 2.75) is 31.3 Å². The molecule has 0 spiro atoms. The number of amides is 1. The van der Waals surface area contributed by atoms with Gasteiger partial charge in [0.1, 0.15) is 16.3 Å². The van der Waals surface area contributed by atoms with Gasteiger partial charge in [-0.1, -0.05) is 0 Å². The number of nitrogens with one attached hydrogen (secondary N) is 1. The van der Waals surface area contributed by atoms with E-state index >= 15 is 0 Å². The lowest BCUT2D eigenvalue weighted by atomic mass is 10.2. The van der Waals surface area contributed by atoms with Gasteiger partial charge in [-0.15, -0.1) is 3.89 Å². The first-order chi connectivity index (χ1) is 8.08. The van der Waals surface area contributed by atoms with Gasteiger partial charge in [0.2, 0.25) is 0 Å². The summed E-state index contributed by atoms with van der Waals surface area (Å²) in [5.41, 5.74) is -0.701. The summed E-state index contributed by atoms with van der Waals surface area (Å²) in [6.07, 6.45) is 0.266. The maximum Gasteiger partial charge on any atom is 0.413 e. The molecule has 8 heteroatoms. The van der Waals surface area contributed by atoms with Crippen molar-refractivity contribution in [3.63, 3.8) is 0 Å². The largest absolute Gasteiger partial charge is 0.444 e. The zero-order valence-electron chi connectivity index (χ0n) is 10.1. The van der Waals surface area contributed by atoms with Crippen molar-refractivity contribution < 1.29 is 21.8 Å². The smallest absolute Gasteiger partial charge is 0.413 e. The van der Waals surface area contributed by atoms with E-state index in [0.29, 0.717) is 0 Å². The molecule has 18 heavy (non-hydrogen) atoms. The van der Waals surface area contributed by atoms with E-state index in [1.54, 1.807) is 20.8 Å². The molecule has 0 aliphatic rings. The lowest BCUT2D eigenvalue weighted by Crippen LogP contribution is -2.27. The normalized spacial score (nSPS) is 12.0. The van der Waals surface area contributed by atoms with Crippen LogP contribution in [0.1, 0.15) is 20.8 Å². The highest BCUT2D eigenvalue weighted by molar-refractivity contribution is 7.86.